The average Bonchev–Trinajstić information content (AvgIpc) is 3.42. The number of rotatable bonds is 4. The SMILES string of the molecule is CC1CN(C(=NCC(=O)N(C)C)NC2CC2)CC(c2ccc(F)cc2)O1.I. The van der Waals surface area contributed by atoms with Crippen molar-refractivity contribution in [2.75, 3.05) is 33.7 Å². The van der Waals surface area contributed by atoms with Gasteiger partial charge in [0.05, 0.1) is 12.6 Å². The molecule has 0 spiro atoms. The largest absolute Gasteiger partial charge is 0.367 e. The van der Waals surface area contributed by atoms with Gasteiger partial charge in [0.2, 0.25) is 5.91 Å². The van der Waals surface area contributed by atoms with Gasteiger partial charge in [-0.1, -0.05) is 12.1 Å². The topological polar surface area (TPSA) is 57.2 Å². The smallest absolute Gasteiger partial charge is 0.243 e. The van der Waals surface area contributed by atoms with Crippen LogP contribution >= 0.6 is 24.0 Å². The molecule has 27 heavy (non-hydrogen) atoms. The Hall–Kier alpha value is -1.42. The lowest BCUT2D eigenvalue weighted by Crippen LogP contribution is -2.51. The molecule has 0 radical (unpaired) electrons. The first-order valence-electron chi connectivity index (χ1n) is 9.09. The first-order valence-corrected chi connectivity index (χ1v) is 9.09. The summed E-state index contributed by atoms with van der Waals surface area (Å²) in [5, 5.41) is 3.45. The number of carbonyl (C=O) groups excluding carboxylic acids is 1. The van der Waals surface area contributed by atoms with Crippen molar-refractivity contribution in [2.45, 2.75) is 38.0 Å². The third-order valence-electron chi connectivity index (χ3n) is 4.58. The third-order valence-corrected chi connectivity index (χ3v) is 4.58. The fourth-order valence-corrected chi connectivity index (χ4v) is 2.92. The standard InChI is InChI=1S/C19H27FN4O2.HI/c1-13-11-24(12-17(26-13)14-4-6-15(20)7-5-14)19(22-16-8-9-16)21-10-18(25)23(2)3;/h4-7,13,16-17H,8-12H2,1-3H3,(H,21,22);1H. The molecule has 2 atom stereocenters. The first kappa shape index (κ1) is 21.9. The maximum atomic E-state index is 13.2. The van der Waals surface area contributed by atoms with Crippen molar-refractivity contribution in [2.24, 2.45) is 4.99 Å². The molecule has 8 heteroatoms. The highest BCUT2D eigenvalue weighted by atomic mass is 127. The van der Waals surface area contributed by atoms with E-state index in [9.17, 15) is 9.18 Å². The molecule has 6 nitrogen and oxygen atoms in total. The van der Waals surface area contributed by atoms with E-state index in [1.165, 1.54) is 12.1 Å². The van der Waals surface area contributed by atoms with E-state index in [0.717, 1.165) is 24.4 Å². The molecule has 1 saturated carbocycles. The van der Waals surface area contributed by atoms with Gasteiger partial charge >= 0.3 is 0 Å². The summed E-state index contributed by atoms with van der Waals surface area (Å²) in [5.74, 6) is 0.468. The lowest BCUT2D eigenvalue weighted by Gasteiger charge is -2.39. The van der Waals surface area contributed by atoms with E-state index in [4.69, 9.17) is 4.74 Å². The third kappa shape index (κ3) is 6.31. The highest BCUT2D eigenvalue weighted by molar-refractivity contribution is 14.0. The minimum Gasteiger partial charge on any atom is -0.367 e. The molecule has 2 unspecified atom stereocenters. The Morgan fingerprint density at radius 2 is 1.96 bits per heavy atom. The van der Waals surface area contributed by atoms with E-state index in [0.29, 0.717) is 19.1 Å². The Balaban J connectivity index is 0.00000261. The van der Waals surface area contributed by atoms with Crippen molar-refractivity contribution in [3.05, 3.63) is 35.6 Å². The number of benzene rings is 1. The summed E-state index contributed by atoms with van der Waals surface area (Å²) in [6, 6.07) is 6.87. The van der Waals surface area contributed by atoms with Gasteiger partial charge < -0.3 is 19.9 Å². The van der Waals surface area contributed by atoms with E-state index in [1.807, 2.05) is 6.92 Å². The zero-order valence-electron chi connectivity index (χ0n) is 16.0. The summed E-state index contributed by atoms with van der Waals surface area (Å²) in [5.41, 5.74) is 0.943. The first-order chi connectivity index (χ1) is 12.4. The van der Waals surface area contributed by atoms with Gasteiger partial charge in [-0.15, -0.1) is 24.0 Å². The van der Waals surface area contributed by atoms with Gasteiger partial charge in [0, 0.05) is 26.7 Å². The zero-order valence-corrected chi connectivity index (χ0v) is 18.4. The number of carbonyl (C=O) groups is 1. The minimum atomic E-state index is -0.255. The van der Waals surface area contributed by atoms with Crippen molar-refractivity contribution < 1.29 is 13.9 Å². The zero-order chi connectivity index (χ0) is 18.7. The fourth-order valence-electron chi connectivity index (χ4n) is 2.92. The molecular weight excluding hydrogens is 462 g/mol. The lowest BCUT2D eigenvalue weighted by molar-refractivity contribution is -0.127. The average molecular weight is 490 g/mol. The lowest BCUT2D eigenvalue weighted by atomic mass is 10.1. The van der Waals surface area contributed by atoms with Crippen LogP contribution in [0.5, 0.6) is 0 Å². The second-order valence-electron chi connectivity index (χ2n) is 7.24. The van der Waals surface area contributed by atoms with E-state index in [2.05, 4.69) is 15.2 Å². The molecule has 0 aromatic heterocycles. The van der Waals surface area contributed by atoms with Gasteiger partial charge in [-0.2, -0.15) is 0 Å². The predicted octanol–water partition coefficient (Wildman–Crippen LogP) is 2.40. The number of ether oxygens (including phenoxy) is 1. The number of hydrogen-bond donors (Lipinski definition) is 1. The maximum absolute atomic E-state index is 13.2. The van der Waals surface area contributed by atoms with Crippen LogP contribution in [0.15, 0.2) is 29.3 Å². The number of amides is 1. The number of nitrogens with zero attached hydrogens (tertiary/aromatic N) is 3. The molecule has 2 aliphatic rings. The molecule has 150 valence electrons. The fraction of sp³-hybridized carbons (Fsp3) is 0.579. The quantitative estimate of drug-likeness (QED) is 0.400. The molecule has 2 fully saturated rings. The van der Waals surface area contributed by atoms with E-state index in [-0.39, 0.29) is 54.5 Å². The second-order valence-corrected chi connectivity index (χ2v) is 7.24. The van der Waals surface area contributed by atoms with Gasteiger partial charge in [-0.3, -0.25) is 4.79 Å². The van der Waals surface area contributed by atoms with Crippen molar-refractivity contribution in [3.63, 3.8) is 0 Å². The molecule has 1 N–H and O–H groups in total. The monoisotopic (exact) mass is 490 g/mol. The number of guanidine groups is 1. The van der Waals surface area contributed by atoms with E-state index < -0.39 is 0 Å². The summed E-state index contributed by atoms with van der Waals surface area (Å²) in [6.07, 6.45) is 2.11. The molecule has 1 aliphatic carbocycles. The van der Waals surface area contributed by atoms with Crippen LogP contribution in [0.1, 0.15) is 31.4 Å². The Morgan fingerprint density at radius 1 is 1.30 bits per heavy atom. The van der Waals surface area contributed by atoms with Gasteiger partial charge in [-0.05, 0) is 37.5 Å². The van der Waals surface area contributed by atoms with Crippen LogP contribution in [0.4, 0.5) is 4.39 Å². The molecule has 0 bridgehead atoms. The molecular formula is C19H28FIN4O2. The van der Waals surface area contributed by atoms with Gasteiger partial charge in [0.15, 0.2) is 5.96 Å². The van der Waals surface area contributed by atoms with Crippen LogP contribution < -0.4 is 5.32 Å². The Kier molecular flexibility index (Phi) is 7.84. The number of aliphatic imine (C=N–C) groups is 1. The van der Waals surface area contributed by atoms with Gasteiger partial charge in [0.1, 0.15) is 18.5 Å². The van der Waals surface area contributed by atoms with Crippen molar-refractivity contribution >= 4 is 35.8 Å². The number of halogens is 2. The van der Waals surface area contributed by atoms with Crippen LogP contribution in [-0.4, -0.2) is 67.5 Å². The van der Waals surface area contributed by atoms with Crippen molar-refractivity contribution in [1.29, 1.82) is 0 Å². The summed E-state index contributed by atoms with van der Waals surface area (Å²) in [4.78, 5) is 20.2. The highest BCUT2D eigenvalue weighted by Gasteiger charge is 2.31. The highest BCUT2D eigenvalue weighted by Crippen LogP contribution is 2.26. The summed E-state index contributed by atoms with van der Waals surface area (Å²) < 4.78 is 19.3. The Bertz CT molecular complexity index is 664. The summed E-state index contributed by atoms with van der Waals surface area (Å²) in [6.45, 7) is 3.45. The molecule has 1 aromatic rings. The number of morpholine rings is 1. The van der Waals surface area contributed by atoms with E-state index >= 15 is 0 Å². The second kappa shape index (κ2) is 9.68. The van der Waals surface area contributed by atoms with Gasteiger partial charge in [0.25, 0.3) is 0 Å². The Morgan fingerprint density at radius 3 is 2.56 bits per heavy atom. The van der Waals surface area contributed by atoms with Crippen LogP contribution in [-0.2, 0) is 9.53 Å². The molecule has 1 aromatic carbocycles. The molecule has 1 aliphatic heterocycles. The molecule has 1 heterocycles. The van der Waals surface area contributed by atoms with Crippen LogP contribution in [0.25, 0.3) is 0 Å². The Labute approximate surface area is 177 Å². The van der Waals surface area contributed by atoms with Gasteiger partial charge in [-0.25, -0.2) is 9.38 Å². The minimum absolute atomic E-state index is 0. The van der Waals surface area contributed by atoms with E-state index in [1.54, 1.807) is 31.1 Å². The number of hydrogen-bond acceptors (Lipinski definition) is 3. The number of nitrogens with one attached hydrogen (secondary N) is 1. The van der Waals surface area contributed by atoms with Crippen molar-refractivity contribution in [1.82, 2.24) is 15.1 Å². The van der Waals surface area contributed by atoms with Crippen LogP contribution in [0.2, 0.25) is 0 Å². The van der Waals surface area contributed by atoms with Crippen LogP contribution in [0, 0.1) is 5.82 Å². The summed E-state index contributed by atoms with van der Waals surface area (Å²) >= 11 is 0. The van der Waals surface area contributed by atoms with Crippen LogP contribution in [0.3, 0.4) is 0 Å². The number of likely N-dealkylation sites (N-methyl/N-ethyl adjacent to an activating group) is 1. The maximum Gasteiger partial charge on any atom is 0.243 e. The normalized spacial score (nSPS) is 22.8. The molecule has 1 saturated heterocycles. The molecule has 3 rings (SSSR count). The predicted molar refractivity (Wildman–Crippen MR) is 114 cm³/mol. The molecule has 1 amide bonds. The summed E-state index contributed by atoms with van der Waals surface area (Å²) in [7, 11) is 3.46. The van der Waals surface area contributed by atoms with Crippen molar-refractivity contribution in [3.8, 4) is 0 Å².